The molecule has 0 aliphatic heterocycles. The van der Waals surface area contributed by atoms with Gasteiger partial charge in [-0.2, -0.15) is 0 Å². The Bertz CT molecular complexity index is 209. The number of nitrogens with one attached hydrogen (secondary N) is 1. The zero-order valence-electron chi connectivity index (χ0n) is 5.50. The lowest BCUT2D eigenvalue weighted by Gasteiger charge is -1.94. The Labute approximate surface area is 62.4 Å². The molecule has 0 saturated heterocycles. The number of carbonyl (C=O) groups excluding carboxylic acids is 1. The minimum atomic E-state index is -0.0345. The van der Waals surface area contributed by atoms with Crippen molar-refractivity contribution >= 4 is 23.3 Å². The normalized spacial score (nSPS) is 9.30. The average molecular weight is 157 g/mol. The molecule has 0 spiro atoms. The molecule has 1 aromatic heterocycles. The number of rotatable bonds is 2. The van der Waals surface area contributed by atoms with Gasteiger partial charge in [-0.15, -0.1) is 5.10 Å². The molecule has 1 N–H and O–H groups in total. The summed E-state index contributed by atoms with van der Waals surface area (Å²) in [4.78, 5) is 10.7. The van der Waals surface area contributed by atoms with Crippen molar-refractivity contribution in [3.05, 3.63) is 5.38 Å². The monoisotopic (exact) mass is 157 g/mol. The molecular weight excluding hydrogens is 150 g/mol. The van der Waals surface area contributed by atoms with Crippen molar-refractivity contribution in [2.24, 2.45) is 0 Å². The largest absolute Gasteiger partial charge is 0.308 e. The molecule has 4 nitrogen and oxygen atoms in total. The van der Waals surface area contributed by atoms with Gasteiger partial charge < -0.3 is 5.32 Å². The number of carbonyl (C=O) groups is 1. The Morgan fingerprint density at radius 2 is 2.70 bits per heavy atom. The number of hydrogen-bond acceptors (Lipinski definition) is 4. The van der Waals surface area contributed by atoms with Crippen molar-refractivity contribution in [3.63, 3.8) is 0 Å². The minimum absolute atomic E-state index is 0.0345. The summed E-state index contributed by atoms with van der Waals surface area (Å²) in [5.74, 6) is 0.504. The van der Waals surface area contributed by atoms with Crippen LogP contribution in [0.1, 0.15) is 13.3 Å². The molecule has 54 valence electrons. The van der Waals surface area contributed by atoms with E-state index in [9.17, 15) is 4.79 Å². The zero-order chi connectivity index (χ0) is 7.40. The predicted octanol–water partition coefficient (Wildman–Crippen LogP) is 0.887. The van der Waals surface area contributed by atoms with Gasteiger partial charge in [0.2, 0.25) is 5.91 Å². The average Bonchev–Trinajstić information content (AvgIpc) is 2.40. The Kier molecular flexibility index (Phi) is 2.33. The maximum atomic E-state index is 10.7. The molecule has 0 radical (unpaired) electrons. The second kappa shape index (κ2) is 3.26. The van der Waals surface area contributed by atoms with E-state index in [0.29, 0.717) is 12.2 Å². The topological polar surface area (TPSA) is 54.9 Å². The van der Waals surface area contributed by atoms with Gasteiger partial charge in [0.25, 0.3) is 0 Å². The van der Waals surface area contributed by atoms with Crippen LogP contribution in [0.15, 0.2) is 5.38 Å². The molecule has 0 aromatic carbocycles. The summed E-state index contributed by atoms with van der Waals surface area (Å²) in [6, 6.07) is 0. The first-order valence-electron chi connectivity index (χ1n) is 2.90. The van der Waals surface area contributed by atoms with E-state index in [1.165, 1.54) is 11.5 Å². The van der Waals surface area contributed by atoms with Crippen molar-refractivity contribution in [1.82, 2.24) is 9.59 Å². The third-order valence-corrected chi connectivity index (χ3v) is 1.45. The van der Waals surface area contributed by atoms with Crippen LogP contribution in [0.5, 0.6) is 0 Å². The van der Waals surface area contributed by atoms with Crippen LogP contribution in [0.2, 0.25) is 0 Å². The molecule has 0 fully saturated rings. The maximum absolute atomic E-state index is 10.7. The second-order valence-corrected chi connectivity index (χ2v) is 2.30. The molecule has 0 saturated carbocycles. The molecule has 0 aliphatic carbocycles. The van der Waals surface area contributed by atoms with Gasteiger partial charge in [-0.05, 0) is 11.5 Å². The van der Waals surface area contributed by atoms with E-state index in [1.807, 2.05) is 0 Å². The predicted molar refractivity (Wildman–Crippen MR) is 38.8 cm³/mol. The molecule has 10 heavy (non-hydrogen) atoms. The van der Waals surface area contributed by atoms with Crippen LogP contribution in [-0.4, -0.2) is 15.5 Å². The van der Waals surface area contributed by atoms with E-state index in [1.54, 1.807) is 12.3 Å². The van der Waals surface area contributed by atoms with Crippen LogP contribution in [0.25, 0.3) is 0 Å². The van der Waals surface area contributed by atoms with E-state index in [2.05, 4.69) is 14.9 Å². The lowest BCUT2D eigenvalue weighted by molar-refractivity contribution is -0.115. The summed E-state index contributed by atoms with van der Waals surface area (Å²) in [7, 11) is 0. The van der Waals surface area contributed by atoms with Gasteiger partial charge in [0, 0.05) is 6.42 Å². The molecule has 1 aromatic rings. The Hall–Kier alpha value is -0.970. The number of anilines is 1. The van der Waals surface area contributed by atoms with Gasteiger partial charge in [-0.1, -0.05) is 11.4 Å². The van der Waals surface area contributed by atoms with Gasteiger partial charge in [0.15, 0.2) is 5.82 Å². The van der Waals surface area contributed by atoms with Crippen LogP contribution in [0.3, 0.4) is 0 Å². The van der Waals surface area contributed by atoms with E-state index < -0.39 is 0 Å². The second-order valence-electron chi connectivity index (χ2n) is 1.69. The van der Waals surface area contributed by atoms with Crippen molar-refractivity contribution < 1.29 is 4.79 Å². The summed E-state index contributed by atoms with van der Waals surface area (Å²) in [6.45, 7) is 1.79. The molecule has 0 atom stereocenters. The van der Waals surface area contributed by atoms with Gasteiger partial charge >= 0.3 is 0 Å². The number of amides is 1. The molecule has 0 bridgehead atoms. The summed E-state index contributed by atoms with van der Waals surface area (Å²) in [6.07, 6.45) is 0.470. The highest BCUT2D eigenvalue weighted by molar-refractivity contribution is 7.03. The summed E-state index contributed by atoms with van der Waals surface area (Å²) in [5.41, 5.74) is 0. The first-order valence-corrected chi connectivity index (χ1v) is 3.73. The van der Waals surface area contributed by atoms with Gasteiger partial charge in [0.1, 0.15) is 0 Å². The molecule has 1 rings (SSSR count). The molecule has 0 aliphatic rings. The molecule has 1 heterocycles. The zero-order valence-corrected chi connectivity index (χ0v) is 6.31. The fourth-order valence-corrected chi connectivity index (χ4v) is 0.838. The third kappa shape index (κ3) is 1.77. The summed E-state index contributed by atoms with van der Waals surface area (Å²) < 4.78 is 3.59. The summed E-state index contributed by atoms with van der Waals surface area (Å²) >= 11 is 1.22. The minimum Gasteiger partial charge on any atom is -0.308 e. The fourth-order valence-electron chi connectivity index (χ4n) is 0.450. The first-order chi connectivity index (χ1) is 4.83. The lowest BCUT2D eigenvalue weighted by Crippen LogP contribution is -2.09. The maximum Gasteiger partial charge on any atom is 0.225 e. The van der Waals surface area contributed by atoms with Gasteiger partial charge in [0.05, 0.1) is 5.38 Å². The highest BCUT2D eigenvalue weighted by Crippen LogP contribution is 2.02. The smallest absolute Gasteiger partial charge is 0.225 e. The third-order valence-electron chi connectivity index (χ3n) is 0.949. The van der Waals surface area contributed by atoms with Gasteiger partial charge in [-0.25, -0.2) is 0 Å². The summed E-state index contributed by atoms with van der Waals surface area (Å²) in [5, 5.41) is 7.90. The van der Waals surface area contributed by atoms with E-state index in [0.717, 1.165) is 0 Å². The van der Waals surface area contributed by atoms with Crippen molar-refractivity contribution in [3.8, 4) is 0 Å². The van der Waals surface area contributed by atoms with Crippen molar-refractivity contribution in [2.45, 2.75) is 13.3 Å². The van der Waals surface area contributed by atoms with Crippen LogP contribution in [0, 0.1) is 0 Å². The Balaban J connectivity index is 2.48. The SMILES string of the molecule is CCC(=O)Nc1csnn1. The Morgan fingerprint density at radius 1 is 1.90 bits per heavy atom. The standard InChI is InChI=1S/C5H7N3OS/c1-2-5(9)6-4-3-10-8-7-4/h3H,2H2,1H3,(H,6,9). The van der Waals surface area contributed by atoms with Gasteiger partial charge in [-0.3, -0.25) is 4.79 Å². The van der Waals surface area contributed by atoms with Crippen LogP contribution >= 0.6 is 11.5 Å². The molecular formula is C5H7N3OS. The highest BCUT2D eigenvalue weighted by Gasteiger charge is 1.99. The number of nitrogens with zero attached hydrogens (tertiary/aromatic N) is 2. The molecule has 1 amide bonds. The Morgan fingerprint density at radius 3 is 3.20 bits per heavy atom. The van der Waals surface area contributed by atoms with Crippen molar-refractivity contribution in [2.75, 3.05) is 5.32 Å². The van der Waals surface area contributed by atoms with Crippen LogP contribution < -0.4 is 5.32 Å². The van der Waals surface area contributed by atoms with Crippen LogP contribution in [-0.2, 0) is 4.79 Å². The van der Waals surface area contributed by atoms with Crippen LogP contribution in [0.4, 0.5) is 5.82 Å². The molecule has 0 unspecified atom stereocenters. The molecule has 5 heteroatoms. The van der Waals surface area contributed by atoms with E-state index in [4.69, 9.17) is 0 Å². The van der Waals surface area contributed by atoms with E-state index in [-0.39, 0.29) is 5.91 Å². The lowest BCUT2D eigenvalue weighted by atomic mass is 10.4. The fraction of sp³-hybridized carbons (Fsp3) is 0.400. The number of aromatic nitrogens is 2. The first kappa shape index (κ1) is 7.14. The van der Waals surface area contributed by atoms with E-state index >= 15 is 0 Å². The quantitative estimate of drug-likeness (QED) is 0.693. The van der Waals surface area contributed by atoms with Crippen molar-refractivity contribution in [1.29, 1.82) is 0 Å². The number of hydrogen-bond donors (Lipinski definition) is 1. The highest BCUT2D eigenvalue weighted by atomic mass is 32.1.